The molecule has 0 saturated carbocycles. The number of amides is 1. The van der Waals surface area contributed by atoms with Crippen molar-refractivity contribution in [1.82, 2.24) is 10.2 Å². The van der Waals surface area contributed by atoms with Crippen molar-refractivity contribution in [3.05, 3.63) is 82.4 Å². The molecule has 0 fully saturated rings. The number of nitrogens with zero attached hydrogens (tertiary/aromatic N) is 2. The van der Waals surface area contributed by atoms with Crippen LogP contribution in [0.5, 0.6) is 11.5 Å². The molecule has 1 N–H and O–H groups in total. The van der Waals surface area contributed by atoms with Crippen LogP contribution in [-0.2, 0) is 4.74 Å². The molecule has 2 aromatic heterocycles. The molecule has 2 aromatic carbocycles. The van der Waals surface area contributed by atoms with Crippen molar-refractivity contribution in [3.63, 3.8) is 0 Å². The molecule has 1 aliphatic rings. The van der Waals surface area contributed by atoms with Gasteiger partial charge in [-0.3, -0.25) is 14.8 Å². The maximum Gasteiger partial charge on any atom is 0.338 e. The van der Waals surface area contributed by atoms with E-state index in [1.54, 1.807) is 61.6 Å². The van der Waals surface area contributed by atoms with E-state index in [4.69, 9.17) is 14.2 Å². The van der Waals surface area contributed by atoms with Gasteiger partial charge in [0.2, 0.25) is 0 Å². The number of hydrogen-bond acceptors (Lipinski definition) is 7. The van der Waals surface area contributed by atoms with Gasteiger partial charge < -0.3 is 14.2 Å². The summed E-state index contributed by atoms with van der Waals surface area (Å²) in [5.74, 6) is 0.514. The van der Waals surface area contributed by atoms with Gasteiger partial charge in [-0.2, -0.15) is 5.10 Å². The van der Waals surface area contributed by atoms with Crippen LogP contribution < -0.4 is 14.4 Å². The normalized spacial score (nSPS) is 14.7. The number of aromatic amines is 1. The SMILES string of the molecule is CCOC(=O)c1ccc(N2C(=O)c3n[nH]c(-c4cccs4)c3C2c2ccc(OC)c(OC)c2)cc1. The molecule has 3 heterocycles. The Balaban J connectivity index is 1.65. The molecule has 9 heteroatoms. The highest BCUT2D eigenvalue weighted by Gasteiger charge is 2.43. The van der Waals surface area contributed by atoms with E-state index in [1.165, 1.54) is 0 Å². The van der Waals surface area contributed by atoms with Crippen LogP contribution in [0, 0.1) is 0 Å². The average molecular weight is 490 g/mol. The number of rotatable bonds is 7. The molecule has 5 rings (SSSR count). The van der Waals surface area contributed by atoms with E-state index >= 15 is 0 Å². The number of hydrogen-bond donors (Lipinski definition) is 1. The van der Waals surface area contributed by atoms with Gasteiger partial charge in [0.05, 0.1) is 43.0 Å². The van der Waals surface area contributed by atoms with Crippen LogP contribution in [0.1, 0.15) is 44.9 Å². The Morgan fingerprint density at radius 3 is 2.51 bits per heavy atom. The number of benzene rings is 2. The first-order chi connectivity index (χ1) is 17.1. The van der Waals surface area contributed by atoms with Gasteiger partial charge in [0.25, 0.3) is 5.91 Å². The molecular formula is C26H23N3O5S. The van der Waals surface area contributed by atoms with Gasteiger partial charge in [0.15, 0.2) is 17.2 Å². The van der Waals surface area contributed by atoms with Gasteiger partial charge in [0.1, 0.15) is 0 Å². The highest BCUT2D eigenvalue weighted by Crippen LogP contribution is 2.47. The Bertz CT molecular complexity index is 1380. The molecule has 4 aromatic rings. The third kappa shape index (κ3) is 3.83. The lowest BCUT2D eigenvalue weighted by atomic mass is 9.97. The Morgan fingerprint density at radius 1 is 1.09 bits per heavy atom. The molecule has 35 heavy (non-hydrogen) atoms. The highest BCUT2D eigenvalue weighted by atomic mass is 32.1. The molecule has 1 unspecified atom stereocenters. The van der Waals surface area contributed by atoms with Gasteiger partial charge in [-0.1, -0.05) is 12.1 Å². The summed E-state index contributed by atoms with van der Waals surface area (Å²) in [6, 6.07) is 15.9. The zero-order valence-electron chi connectivity index (χ0n) is 19.4. The predicted molar refractivity (Wildman–Crippen MR) is 132 cm³/mol. The molecular weight excluding hydrogens is 466 g/mol. The van der Waals surface area contributed by atoms with Crippen molar-refractivity contribution in [2.24, 2.45) is 0 Å². The van der Waals surface area contributed by atoms with Crippen molar-refractivity contribution in [3.8, 4) is 22.1 Å². The van der Waals surface area contributed by atoms with E-state index in [9.17, 15) is 9.59 Å². The van der Waals surface area contributed by atoms with Gasteiger partial charge in [-0.25, -0.2) is 4.79 Å². The van der Waals surface area contributed by atoms with Crippen LogP contribution in [0.4, 0.5) is 5.69 Å². The lowest BCUT2D eigenvalue weighted by molar-refractivity contribution is 0.0526. The van der Waals surface area contributed by atoms with E-state index in [0.717, 1.165) is 21.7 Å². The van der Waals surface area contributed by atoms with Crippen LogP contribution in [0.3, 0.4) is 0 Å². The number of fused-ring (bicyclic) bond motifs is 1. The Kier molecular flexibility index (Phi) is 6.00. The van der Waals surface area contributed by atoms with Crippen LogP contribution >= 0.6 is 11.3 Å². The second-order valence-corrected chi connectivity index (χ2v) is 8.75. The van der Waals surface area contributed by atoms with Gasteiger partial charge in [-0.05, 0) is 60.3 Å². The van der Waals surface area contributed by atoms with E-state index in [-0.39, 0.29) is 5.91 Å². The van der Waals surface area contributed by atoms with E-state index in [2.05, 4.69) is 10.2 Å². The lowest BCUT2D eigenvalue weighted by Crippen LogP contribution is -2.29. The summed E-state index contributed by atoms with van der Waals surface area (Å²) in [6.07, 6.45) is 0. The average Bonchev–Trinajstić information content (AvgIpc) is 3.62. The number of nitrogens with one attached hydrogen (secondary N) is 1. The minimum absolute atomic E-state index is 0.234. The number of carbonyl (C=O) groups excluding carboxylic acids is 2. The maximum absolute atomic E-state index is 13.7. The summed E-state index contributed by atoms with van der Waals surface area (Å²) in [5.41, 5.74) is 3.85. The number of ether oxygens (including phenoxy) is 3. The lowest BCUT2D eigenvalue weighted by Gasteiger charge is -2.27. The smallest absolute Gasteiger partial charge is 0.338 e. The summed E-state index contributed by atoms with van der Waals surface area (Å²) < 4.78 is 16.0. The molecule has 1 amide bonds. The first-order valence-electron chi connectivity index (χ1n) is 11.0. The van der Waals surface area contributed by atoms with Crippen LogP contribution in [0.15, 0.2) is 60.0 Å². The second kappa shape index (κ2) is 9.27. The third-order valence-electron chi connectivity index (χ3n) is 5.90. The van der Waals surface area contributed by atoms with Crippen molar-refractivity contribution < 1.29 is 23.8 Å². The minimum Gasteiger partial charge on any atom is -0.493 e. The van der Waals surface area contributed by atoms with Crippen molar-refractivity contribution in [2.45, 2.75) is 13.0 Å². The number of H-pyrrole nitrogens is 1. The van der Waals surface area contributed by atoms with Crippen molar-refractivity contribution in [1.29, 1.82) is 0 Å². The molecule has 178 valence electrons. The van der Waals surface area contributed by atoms with Crippen LogP contribution in [0.25, 0.3) is 10.6 Å². The van der Waals surface area contributed by atoms with Crippen LogP contribution in [-0.4, -0.2) is 42.9 Å². The third-order valence-corrected chi connectivity index (χ3v) is 6.79. The zero-order chi connectivity index (χ0) is 24.5. The maximum atomic E-state index is 13.7. The first kappa shape index (κ1) is 22.7. The summed E-state index contributed by atoms with van der Waals surface area (Å²) in [5, 5.41) is 9.44. The van der Waals surface area contributed by atoms with Crippen molar-refractivity contribution in [2.75, 3.05) is 25.7 Å². The Hall–Kier alpha value is -4.11. The largest absolute Gasteiger partial charge is 0.493 e. The molecule has 0 radical (unpaired) electrons. The number of methoxy groups -OCH3 is 2. The zero-order valence-corrected chi connectivity index (χ0v) is 20.2. The van der Waals surface area contributed by atoms with E-state index in [0.29, 0.717) is 35.1 Å². The fourth-order valence-corrected chi connectivity index (χ4v) is 5.06. The van der Waals surface area contributed by atoms with E-state index in [1.807, 2.05) is 35.7 Å². The number of esters is 1. The summed E-state index contributed by atoms with van der Waals surface area (Å²) in [6.45, 7) is 2.05. The quantitative estimate of drug-likeness (QED) is 0.364. The van der Waals surface area contributed by atoms with Gasteiger partial charge in [-0.15, -0.1) is 11.3 Å². The van der Waals surface area contributed by atoms with E-state index < -0.39 is 12.0 Å². The summed E-state index contributed by atoms with van der Waals surface area (Å²) in [4.78, 5) is 28.5. The van der Waals surface area contributed by atoms with Gasteiger partial charge in [0, 0.05) is 11.3 Å². The van der Waals surface area contributed by atoms with Crippen LogP contribution in [0.2, 0.25) is 0 Å². The van der Waals surface area contributed by atoms with Crippen molar-refractivity contribution >= 4 is 28.9 Å². The highest BCUT2D eigenvalue weighted by molar-refractivity contribution is 7.13. The topological polar surface area (TPSA) is 93.8 Å². The van der Waals surface area contributed by atoms with Gasteiger partial charge >= 0.3 is 5.97 Å². The predicted octanol–water partition coefficient (Wildman–Crippen LogP) is 5.08. The Labute approximate surface area is 206 Å². The Morgan fingerprint density at radius 2 is 1.86 bits per heavy atom. The first-order valence-corrected chi connectivity index (χ1v) is 11.9. The number of carbonyl (C=O) groups is 2. The molecule has 1 aliphatic heterocycles. The standard InChI is InChI=1S/C26H23N3O5S/c1-4-34-26(31)15-7-10-17(11-8-15)29-24(16-9-12-18(32-2)19(14-16)33-3)21-22(20-6-5-13-35-20)27-28-23(21)25(29)30/h5-14,24H,4H2,1-3H3,(H,27,28). The number of aromatic nitrogens is 2. The number of anilines is 1. The summed E-state index contributed by atoms with van der Waals surface area (Å²) in [7, 11) is 3.16. The monoisotopic (exact) mass is 489 g/mol. The molecule has 0 aliphatic carbocycles. The number of thiophene rings is 1. The molecule has 8 nitrogen and oxygen atoms in total. The summed E-state index contributed by atoms with van der Waals surface area (Å²) >= 11 is 1.57. The molecule has 0 spiro atoms. The molecule has 0 bridgehead atoms. The minimum atomic E-state index is -0.471. The second-order valence-electron chi connectivity index (χ2n) is 7.80. The molecule has 0 saturated heterocycles. The molecule has 1 atom stereocenters. The fraction of sp³-hybridized carbons (Fsp3) is 0.192. The fourth-order valence-electron chi connectivity index (χ4n) is 4.33.